The van der Waals surface area contributed by atoms with E-state index in [9.17, 15) is 0 Å². The van der Waals surface area contributed by atoms with Crippen molar-refractivity contribution in [3.8, 4) is 10.6 Å². The van der Waals surface area contributed by atoms with Crippen LogP contribution in [0, 0.1) is 13.8 Å². The normalized spacial score (nSPS) is 10.5. The largest absolute Gasteiger partial charge is 0.325 e. The summed E-state index contributed by atoms with van der Waals surface area (Å²) in [7, 11) is 0. The van der Waals surface area contributed by atoms with Crippen LogP contribution in [0.1, 0.15) is 10.4 Å². The molecule has 0 radical (unpaired) electrons. The number of nitrogens with zero attached hydrogens (tertiary/aromatic N) is 2. The van der Waals surface area contributed by atoms with E-state index in [1.807, 2.05) is 37.3 Å². The number of pyridine rings is 2. The highest BCUT2D eigenvalue weighted by Crippen LogP contribution is 2.27. The summed E-state index contributed by atoms with van der Waals surface area (Å²) < 4.78 is 0. The van der Waals surface area contributed by atoms with Gasteiger partial charge in [-0.1, -0.05) is 6.07 Å². The number of aryl methyl sites for hydroxylation is 2. The van der Waals surface area contributed by atoms with Crippen LogP contribution in [0.5, 0.6) is 0 Å². The van der Waals surface area contributed by atoms with Gasteiger partial charge < -0.3 is 5.32 Å². The Balaban J connectivity index is 1.88. The third kappa shape index (κ3) is 2.86. The zero-order chi connectivity index (χ0) is 13.9. The van der Waals surface area contributed by atoms with Crippen LogP contribution in [0.3, 0.4) is 0 Å². The van der Waals surface area contributed by atoms with Crippen LogP contribution in [0.25, 0.3) is 10.6 Å². The third-order valence-corrected chi connectivity index (χ3v) is 3.94. The Hall–Kier alpha value is -2.20. The van der Waals surface area contributed by atoms with Gasteiger partial charge in [-0.25, -0.2) is 9.97 Å². The van der Waals surface area contributed by atoms with Gasteiger partial charge in [0, 0.05) is 11.1 Å². The Morgan fingerprint density at radius 2 is 1.90 bits per heavy atom. The highest BCUT2D eigenvalue weighted by atomic mass is 32.1. The van der Waals surface area contributed by atoms with Gasteiger partial charge in [-0.3, -0.25) is 0 Å². The maximum atomic E-state index is 4.64. The molecule has 0 spiro atoms. The standard InChI is InChI=1S/C16H15N3S/c1-11-8-9-17-16(10-11)19-15-5-3-4-13(18-15)14-7-6-12(2)20-14/h3-10H,1-2H3,(H,17,18,19). The van der Waals surface area contributed by atoms with Crippen LogP contribution in [-0.4, -0.2) is 9.97 Å². The fourth-order valence-corrected chi connectivity index (χ4v) is 2.79. The monoisotopic (exact) mass is 281 g/mol. The van der Waals surface area contributed by atoms with Crippen molar-refractivity contribution in [3.05, 3.63) is 59.1 Å². The lowest BCUT2D eigenvalue weighted by atomic mass is 10.3. The maximum Gasteiger partial charge on any atom is 0.132 e. The number of thiophene rings is 1. The second kappa shape index (κ2) is 5.43. The molecule has 3 rings (SSSR count). The minimum Gasteiger partial charge on any atom is -0.325 e. The quantitative estimate of drug-likeness (QED) is 0.764. The molecule has 0 bridgehead atoms. The van der Waals surface area contributed by atoms with E-state index >= 15 is 0 Å². The molecule has 0 unspecified atom stereocenters. The molecule has 0 aromatic carbocycles. The molecular formula is C16H15N3S. The van der Waals surface area contributed by atoms with Gasteiger partial charge in [-0.05, 0) is 55.8 Å². The minimum absolute atomic E-state index is 0.812. The fraction of sp³-hybridized carbons (Fsp3) is 0.125. The Morgan fingerprint density at radius 3 is 2.65 bits per heavy atom. The highest BCUT2D eigenvalue weighted by Gasteiger charge is 2.04. The Labute approximate surface area is 122 Å². The van der Waals surface area contributed by atoms with Crippen LogP contribution >= 0.6 is 11.3 Å². The predicted octanol–water partition coefficient (Wildman–Crippen LogP) is 4.57. The molecule has 0 atom stereocenters. The van der Waals surface area contributed by atoms with Crippen molar-refractivity contribution in [2.45, 2.75) is 13.8 Å². The summed E-state index contributed by atoms with van der Waals surface area (Å²) in [5.74, 6) is 1.63. The predicted molar refractivity (Wildman–Crippen MR) is 84.5 cm³/mol. The molecule has 0 saturated heterocycles. The van der Waals surface area contributed by atoms with Crippen LogP contribution in [-0.2, 0) is 0 Å². The second-order valence-corrected chi connectivity index (χ2v) is 5.95. The molecule has 100 valence electrons. The molecule has 0 amide bonds. The SMILES string of the molecule is Cc1ccnc(Nc2cccc(-c3ccc(C)s3)n2)c1. The van der Waals surface area contributed by atoms with E-state index in [1.54, 1.807) is 17.5 Å². The van der Waals surface area contributed by atoms with Crippen molar-refractivity contribution in [2.24, 2.45) is 0 Å². The van der Waals surface area contributed by atoms with Crippen molar-refractivity contribution < 1.29 is 0 Å². The van der Waals surface area contributed by atoms with Crippen LogP contribution in [0.4, 0.5) is 11.6 Å². The van der Waals surface area contributed by atoms with E-state index in [2.05, 4.69) is 34.3 Å². The van der Waals surface area contributed by atoms with Crippen molar-refractivity contribution in [2.75, 3.05) is 5.32 Å². The topological polar surface area (TPSA) is 37.8 Å². The highest BCUT2D eigenvalue weighted by molar-refractivity contribution is 7.15. The summed E-state index contributed by atoms with van der Waals surface area (Å²) in [5, 5.41) is 3.24. The smallest absolute Gasteiger partial charge is 0.132 e. The van der Waals surface area contributed by atoms with E-state index in [0.717, 1.165) is 17.3 Å². The van der Waals surface area contributed by atoms with Gasteiger partial charge in [0.25, 0.3) is 0 Å². The lowest BCUT2D eigenvalue weighted by molar-refractivity contribution is 1.24. The number of aromatic nitrogens is 2. The van der Waals surface area contributed by atoms with Gasteiger partial charge >= 0.3 is 0 Å². The molecule has 20 heavy (non-hydrogen) atoms. The minimum atomic E-state index is 0.812. The average molecular weight is 281 g/mol. The molecule has 3 nitrogen and oxygen atoms in total. The van der Waals surface area contributed by atoms with E-state index < -0.39 is 0 Å². The van der Waals surface area contributed by atoms with Crippen molar-refractivity contribution >= 4 is 23.0 Å². The first-order valence-corrected chi connectivity index (χ1v) is 7.26. The number of rotatable bonds is 3. The van der Waals surface area contributed by atoms with Crippen LogP contribution < -0.4 is 5.32 Å². The summed E-state index contributed by atoms with van der Waals surface area (Å²) in [4.78, 5) is 11.4. The zero-order valence-corrected chi connectivity index (χ0v) is 12.2. The third-order valence-electron chi connectivity index (χ3n) is 2.91. The van der Waals surface area contributed by atoms with Gasteiger partial charge in [0.15, 0.2) is 0 Å². The number of anilines is 2. The van der Waals surface area contributed by atoms with Gasteiger partial charge in [0.1, 0.15) is 11.6 Å². The zero-order valence-electron chi connectivity index (χ0n) is 11.4. The fourth-order valence-electron chi connectivity index (χ4n) is 1.95. The molecule has 0 aliphatic heterocycles. The Kier molecular flexibility index (Phi) is 3.48. The molecule has 0 aliphatic carbocycles. The first-order chi connectivity index (χ1) is 9.70. The van der Waals surface area contributed by atoms with Gasteiger partial charge in [-0.2, -0.15) is 0 Å². The van der Waals surface area contributed by atoms with Crippen molar-refractivity contribution in [1.82, 2.24) is 9.97 Å². The summed E-state index contributed by atoms with van der Waals surface area (Å²) in [6.07, 6.45) is 1.80. The van der Waals surface area contributed by atoms with Crippen LogP contribution in [0.2, 0.25) is 0 Å². The molecule has 0 saturated carbocycles. The lowest BCUT2D eigenvalue weighted by Gasteiger charge is -2.06. The van der Waals surface area contributed by atoms with Gasteiger partial charge in [-0.15, -0.1) is 11.3 Å². The lowest BCUT2D eigenvalue weighted by Crippen LogP contribution is -1.96. The van der Waals surface area contributed by atoms with E-state index in [-0.39, 0.29) is 0 Å². The summed E-state index contributed by atoms with van der Waals surface area (Å²) in [6, 6.07) is 14.2. The second-order valence-electron chi connectivity index (χ2n) is 4.66. The van der Waals surface area contributed by atoms with E-state index in [0.29, 0.717) is 0 Å². The maximum absolute atomic E-state index is 4.64. The van der Waals surface area contributed by atoms with Gasteiger partial charge in [0.05, 0.1) is 10.6 Å². The molecular weight excluding hydrogens is 266 g/mol. The first kappa shape index (κ1) is 12.8. The van der Waals surface area contributed by atoms with E-state index in [4.69, 9.17) is 0 Å². The van der Waals surface area contributed by atoms with Crippen molar-refractivity contribution in [3.63, 3.8) is 0 Å². The van der Waals surface area contributed by atoms with Crippen LogP contribution in [0.15, 0.2) is 48.7 Å². The molecule has 3 heterocycles. The average Bonchev–Trinajstić information content (AvgIpc) is 2.86. The van der Waals surface area contributed by atoms with Crippen molar-refractivity contribution in [1.29, 1.82) is 0 Å². The number of nitrogens with one attached hydrogen (secondary N) is 1. The summed E-state index contributed by atoms with van der Waals surface area (Å²) in [5.41, 5.74) is 2.16. The number of hydrogen-bond acceptors (Lipinski definition) is 4. The first-order valence-electron chi connectivity index (χ1n) is 6.44. The van der Waals surface area contributed by atoms with E-state index in [1.165, 1.54) is 15.3 Å². The molecule has 1 N–H and O–H groups in total. The Bertz CT molecular complexity index is 734. The molecule has 0 aliphatic rings. The Morgan fingerprint density at radius 1 is 1.00 bits per heavy atom. The number of hydrogen-bond donors (Lipinski definition) is 1. The molecule has 3 aromatic heterocycles. The summed E-state index contributed by atoms with van der Waals surface area (Å²) >= 11 is 1.75. The molecule has 4 heteroatoms. The summed E-state index contributed by atoms with van der Waals surface area (Å²) in [6.45, 7) is 4.15. The molecule has 3 aromatic rings. The molecule has 0 fully saturated rings. The van der Waals surface area contributed by atoms with Gasteiger partial charge in [0.2, 0.25) is 0 Å².